The van der Waals surface area contributed by atoms with Crippen LogP contribution < -0.4 is 10.4 Å². The Labute approximate surface area is 139 Å². The number of hydrogen-bond acceptors (Lipinski definition) is 4. The van der Waals surface area contributed by atoms with Crippen LogP contribution >= 0.6 is 11.8 Å². The maximum absolute atomic E-state index is 11.4. The van der Waals surface area contributed by atoms with Gasteiger partial charge < -0.3 is 9.15 Å². The van der Waals surface area contributed by atoms with Gasteiger partial charge in [-0.2, -0.15) is 0 Å². The molecule has 2 aromatic carbocycles. The normalized spacial score (nSPS) is 10.9. The summed E-state index contributed by atoms with van der Waals surface area (Å²) in [4.78, 5) is 12.7. The Morgan fingerprint density at radius 2 is 1.83 bits per heavy atom. The fourth-order valence-electron chi connectivity index (χ4n) is 2.35. The summed E-state index contributed by atoms with van der Waals surface area (Å²) in [5.41, 5.74) is 2.41. The summed E-state index contributed by atoms with van der Waals surface area (Å²) < 4.78 is 11.0. The summed E-state index contributed by atoms with van der Waals surface area (Å²) in [7, 11) is 0. The Hall–Kier alpha value is -2.20. The van der Waals surface area contributed by atoms with E-state index in [1.165, 1.54) is 16.5 Å². The molecule has 0 aliphatic heterocycles. The van der Waals surface area contributed by atoms with Crippen molar-refractivity contribution in [3.05, 3.63) is 70.1 Å². The lowest BCUT2D eigenvalue weighted by atomic mass is 10.1. The molecule has 118 valence electrons. The standard InChI is InChI=1S/C19H18O3S/c1-13-3-6-16(7-4-13)23-10-9-21-15-5-8-17-14(2)11-19(20)22-18(17)12-15/h3-8,11-12H,9-10H2,1-2H3. The lowest BCUT2D eigenvalue weighted by Crippen LogP contribution is -2.01. The van der Waals surface area contributed by atoms with E-state index in [0.717, 1.165) is 22.5 Å². The smallest absolute Gasteiger partial charge is 0.336 e. The largest absolute Gasteiger partial charge is 0.493 e. The minimum atomic E-state index is -0.331. The predicted molar refractivity (Wildman–Crippen MR) is 94.6 cm³/mol. The van der Waals surface area contributed by atoms with Gasteiger partial charge in [0.1, 0.15) is 11.3 Å². The Kier molecular flexibility index (Phi) is 4.72. The first kappa shape index (κ1) is 15.7. The molecule has 0 saturated carbocycles. The highest BCUT2D eigenvalue weighted by Gasteiger charge is 2.04. The third-order valence-corrected chi connectivity index (χ3v) is 4.54. The summed E-state index contributed by atoms with van der Waals surface area (Å²) in [5, 5.41) is 0.936. The molecule has 0 unspecified atom stereocenters. The highest BCUT2D eigenvalue weighted by molar-refractivity contribution is 7.99. The highest BCUT2D eigenvalue weighted by Crippen LogP contribution is 2.23. The molecule has 0 amide bonds. The number of fused-ring (bicyclic) bond motifs is 1. The lowest BCUT2D eigenvalue weighted by molar-refractivity contribution is 0.343. The summed E-state index contributed by atoms with van der Waals surface area (Å²) in [6.07, 6.45) is 0. The van der Waals surface area contributed by atoms with Gasteiger partial charge in [-0.05, 0) is 43.7 Å². The quantitative estimate of drug-likeness (QED) is 0.391. The number of thioether (sulfide) groups is 1. The Bertz CT molecular complexity index is 866. The molecule has 23 heavy (non-hydrogen) atoms. The lowest BCUT2D eigenvalue weighted by Gasteiger charge is -2.07. The zero-order valence-corrected chi connectivity index (χ0v) is 14.0. The second-order valence-electron chi connectivity index (χ2n) is 5.42. The maximum Gasteiger partial charge on any atom is 0.336 e. The van der Waals surface area contributed by atoms with Crippen LogP contribution in [-0.2, 0) is 0 Å². The number of aryl methyl sites for hydroxylation is 2. The molecular weight excluding hydrogens is 308 g/mol. The van der Waals surface area contributed by atoms with Crippen LogP contribution in [0.5, 0.6) is 5.75 Å². The molecule has 3 nitrogen and oxygen atoms in total. The van der Waals surface area contributed by atoms with Crippen LogP contribution in [0, 0.1) is 13.8 Å². The molecule has 0 aliphatic carbocycles. The van der Waals surface area contributed by atoms with Crippen molar-refractivity contribution in [3.8, 4) is 5.75 Å². The first-order valence-corrected chi connectivity index (χ1v) is 8.47. The molecule has 3 rings (SSSR count). The van der Waals surface area contributed by atoms with Gasteiger partial charge in [0, 0.05) is 28.2 Å². The van der Waals surface area contributed by atoms with Crippen molar-refractivity contribution in [3.63, 3.8) is 0 Å². The van der Waals surface area contributed by atoms with E-state index in [-0.39, 0.29) is 5.63 Å². The zero-order valence-electron chi connectivity index (χ0n) is 13.2. The number of rotatable bonds is 5. The van der Waals surface area contributed by atoms with Gasteiger partial charge in [-0.15, -0.1) is 11.8 Å². The van der Waals surface area contributed by atoms with Gasteiger partial charge in [-0.25, -0.2) is 4.79 Å². The number of hydrogen-bond donors (Lipinski definition) is 0. The second-order valence-corrected chi connectivity index (χ2v) is 6.58. The first-order chi connectivity index (χ1) is 11.1. The van der Waals surface area contributed by atoms with Crippen LogP contribution in [0.15, 0.2) is 62.6 Å². The predicted octanol–water partition coefficient (Wildman–Crippen LogP) is 4.58. The fourth-order valence-corrected chi connectivity index (χ4v) is 3.08. The average molecular weight is 326 g/mol. The van der Waals surface area contributed by atoms with Crippen molar-refractivity contribution in [1.29, 1.82) is 0 Å². The van der Waals surface area contributed by atoms with Crippen LogP contribution in [0.3, 0.4) is 0 Å². The molecule has 0 spiro atoms. The Morgan fingerprint density at radius 1 is 1.04 bits per heavy atom. The second kappa shape index (κ2) is 6.92. The van der Waals surface area contributed by atoms with Crippen molar-refractivity contribution in [2.75, 3.05) is 12.4 Å². The van der Waals surface area contributed by atoms with Gasteiger partial charge >= 0.3 is 5.63 Å². The SMILES string of the molecule is Cc1ccc(SCCOc2ccc3c(C)cc(=O)oc3c2)cc1. The van der Waals surface area contributed by atoms with Gasteiger partial charge in [0.25, 0.3) is 0 Å². The Morgan fingerprint density at radius 3 is 2.61 bits per heavy atom. The van der Waals surface area contributed by atoms with Gasteiger partial charge in [0.2, 0.25) is 0 Å². The third kappa shape index (κ3) is 3.96. The van der Waals surface area contributed by atoms with Crippen molar-refractivity contribution < 1.29 is 9.15 Å². The molecule has 0 atom stereocenters. The first-order valence-electron chi connectivity index (χ1n) is 7.48. The Balaban J connectivity index is 1.61. The number of benzene rings is 2. The van der Waals surface area contributed by atoms with E-state index >= 15 is 0 Å². The maximum atomic E-state index is 11.4. The molecule has 0 aliphatic rings. The third-order valence-electron chi connectivity index (χ3n) is 3.56. The van der Waals surface area contributed by atoms with Gasteiger partial charge in [0.15, 0.2) is 0 Å². The van der Waals surface area contributed by atoms with Crippen LogP contribution in [0.4, 0.5) is 0 Å². The van der Waals surface area contributed by atoms with Crippen LogP contribution in [0.1, 0.15) is 11.1 Å². The van der Waals surface area contributed by atoms with Crippen molar-refractivity contribution >= 4 is 22.7 Å². The van der Waals surface area contributed by atoms with E-state index < -0.39 is 0 Å². The van der Waals surface area contributed by atoms with E-state index in [9.17, 15) is 4.79 Å². The summed E-state index contributed by atoms with van der Waals surface area (Å²) >= 11 is 1.76. The molecular formula is C19H18O3S. The molecule has 0 saturated heterocycles. The minimum Gasteiger partial charge on any atom is -0.493 e. The van der Waals surface area contributed by atoms with E-state index in [1.54, 1.807) is 17.8 Å². The molecule has 0 bridgehead atoms. The number of ether oxygens (including phenoxy) is 1. The van der Waals surface area contributed by atoms with Crippen LogP contribution in [0.25, 0.3) is 11.0 Å². The van der Waals surface area contributed by atoms with E-state index in [4.69, 9.17) is 9.15 Å². The molecule has 1 aromatic heterocycles. The van der Waals surface area contributed by atoms with Gasteiger partial charge in [-0.1, -0.05) is 17.7 Å². The van der Waals surface area contributed by atoms with Crippen LogP contribution in [0.2, 0.25) is 0 Å². The minimum absolute atomic E-state index is 0.331. The van der Waals surface area contributed by atoms with Gasteiger partial charge in [0.05, 0.1) is 6.61 Å². The topological polar surface area (TPSA) is 39.4 Å². The molecule has 0 radical (unpaired) electrons. The monoisotopic (exact) mass is 326 g/mol. The molecule has 4 heteroatoms. The summed E-state index contributed by atoms with van der Waals surface area (Å²) in [5.74, 6) is 1.58. The van der Waals surface area contributed by atoms with Crippen molar-refractivity contribution in [1.82, 2.24) is 0 Å². The highest BCUT2D eigenvalue weighted by atomic mass is 32.2. The van der Waals surface area contributed by atoms with E-state index in [1.807, 2.05) is 19.1 Å². The average Bonchev–Trinajstić information content (AvgIpc) is 2.53. The summed E-state index contributed by atoms with van der Waals surface area (Å²) in [6, 6.07) is 15.6. The van der Waals surface area contributed by atoms with E-state index in [0.29, 0.717) is 12.2 Å². The summed E-state index contributed by atoms with van der Waals surface area (Å²) in [6.45, 7) is 4.58. The zero-order chi connectivity index (χ0) is 16.2. The molecule has 3 aromatic rings. The molecule has 0 fully saturated rings. The van der Waals surface area contributed by atoms with Crippen molar-refractivity contribution in [2.45, 2.75) is 18.7 Å². The molecule has 0 N–H and O–H groups in total. The van der Waals surface area contributed by atoms with E-state index in [2.05, 4.69) is 31.2 Å². The fraction of sp³-hybridized carbons (Fsp3) is 0.211. The van der Waals surface area contributed by atoms with Gasteiger partial charge in [-0.3, -0.25) is 0 Å². The molecule has 1 heterocycles. The van der Waals surface area contributed by atoms with Crippen molar-refractivity contribution in [2.24, 2.45) is 0 Å². The van der Waals surface area contributed by atoms with Crippen LogP contribution in [-0.4, -0.2) is 12.4 Å².